The Kier molecular flexibility index (Phi) is 9.00. The first kappa shape index (κ1) is 29.0. The number of aromatic nitrogens is 1. The Morgan fingerprint density at radius 2 is 1.98 bits per heavy atom. The number of nitrogens with zero attached hydrogens (tertiary/aromatic N) is 3. The van der Waals surface area contributed by atoms with Gasteiger partial charge < -0.3 is 14.2 Å². The molecule has 0 bridgehead atoms. The average molecular weight is 600 g/mol. The van der Waals surface area contributed by atoms with Crippen LogP contribution < -0.4 is 24.4 Å². The highest BCUT2D eigenvalue weighted by molar-refractivity contribution is 7.10. The van der Waals surface area contributed by atoms with Crippen LogP contribution in [-0.2, 0) is 16.1 Å². The van der Waals surface area contributed by atoms with Crippen LogP contribution in [0.25, 0.3) is 6.08 Å². The van der Waals surface area contributed by atoms with Crippen LogP contribution in [0, 0.1) is 11.3 Å². The third kappa shape index (κ3) is 5.79. The van der Waals surface area contributed by atoms with Gasteiger partial charge in [0.15, 0.2) is 16.3 Å². The molecule has 42 heavy (non-hydrogen) atoms. The standard InChI is InChI=1S/C32H29N3O5S2/c1-4-9-23-28(31(37)39-5-2)29(26-12-8-15-41-26)35-30(36)27(42-32(35)34-23)17-20-13-14-24(25(16-20)38-3)40-19-22-11-7-6-10-21(22)18-33/h6-8,10-17,29H,4-5,9,19H2,1-3H3/b27-17+/t29-/m0/s1. The molecule has 0 N–H and O–H groups in total. The van der Waals surface area contributed by atoms with Crippen molar-refractivity contribution in [2.75, 3.05) is 13.7 Å². The molecular weight excluding hydrogens is 571 g/mol. The van der Waals surface area contributed by atoms with E-state index >= 15 is 0 Å². The quantitative estimate of drug-likeness (QED) is 0.235. The molecule has 0 radical (unpaired) electrons. The molecule has 214 valence electrons. The minimum atomic E-state index is -0.606. The van der Waals surface area contributed by atoms with E-state index in [0.29, 0.717) is 44.1 Å². The minimum Gasteiger partial charge on any atom is -0.493 e. The SMILES string of the molecule is CCCC1=C(C(=O)OCC)[C@H](c2cccs2)n2c(s/c(=C/c3ccc(OCc4ccccc4C#N)c(OC)c3)c2=O)=N1. The Morgan fingerprint density at radius 1 is 1.14 bits per heavy atom. The Labute approximate surface area is 251 Å². The number of esters is 1. The monoisotopic (exact) mass is 599 g/mol. The van der Waals surface area contributed by atoms with Gasteiger partial charge in [-0.15, -0.1) is 11.3 Å². The van der Waals surface area contributed by atoms with E-state index in [1.54, 1.807) is 42.9 Å². The molecule has 10 heteroatoms. The van der Waals surface area contributed by atoms with Crippen LogP contribution in [-0.4, -0.2) is 24.3 Å². The van der Waals surface area contributed by atoms with E-state index in [2.05, 4.69) is 6.07 Å². The van der Waals surface area contributed by atoms with Gasteiger partial charge in [0.1, 0.15) is 12.6 Å². The molecule has 0 saturated carbocycles. The number of carbonyl (C=O) groups excluding carboxylic acids is 1. The number of benzene rings is 2. The maximum Gasteiger partial charge on any atom is 0.338 e. The Hall–Kier alpha value is -4.46. The molecule has 3 heterocycles. The lowest BCUT2D eigenvalue weighted by Gasteiger charge is -2.24. The van der Waals surface area contributed by atoms with E-state index in [-0.39, 0.29) is 18.8 Å². The van der Waals surface area contributed by atoms with Gasteiger partial charge >= 0.3 is 5.97 Å². The molecule has 2 aromatic heterocycles. The summed E-state index contributed by atoms with van der Waals surface area (Å²) in [5.74, 6) is 0.567. The minimum absolute atomic E-state index is 0.212. The number of thiophene rings is 1. The highest BCUT2D eigenvalue weighted by atomic mass is 32.1. The fourth-order valence-corrected chi connectivity index (χ4v) is 6.64. The largest absolute Gasteiger partial charge is 0.493 e. The van der Waals surface area contributed by atoms with Gasteiger partial charge in [0.25, 0.3) is 5.56 Å². The molecule has 0 saturated heterocycles. The van der Waals surface area contributed by atoms with Crippen LogP contribution >= 0.6 is 22.7 Å². The number of nitriles is 1. The van der Waals surface area contributed by atoms with E-state index in [9.17, 15) is 14.9 Å². The predicted molar refractivity (Wildman–Crippen MR) is 162 cm³/mol. The number of fused-ring (bicyclic) bond motifs is 1. The van der Waals surface area contributed by atoms with Crippen molar-refractivity contribution in [3.8, 4) is 17.6 Å². The summed E-state index contributed by atoms with van der Waals surface area (Å²) in [5.41, 5.74) is 2.91. The summed E-state index contributed by atoms with van der Waals surface area (Å²) < 4.78 is 19.1. The van der Waals surface area contributed by atoms with Crippen molar-refractivity contribution >= 4 is 34.7 Å². The molecular formula is C32H29N3O5S2. The molecule has 4 aromatic rings. The molecule has 1 atom stereocenters. The number of rotatable bonds is 10. The molecule has 1 aliphatic rings. The van der Waals surface area contributed by atoms with Gasteiger partial charge in [-0.2, -0.15) is 5.26 Å². The summed E-state index contributed by atoms with van der Waals surface area (Å²) in [7, 11) is 1.55. The first-order valence-electron chi connectivity index (χ1n) is 13.5. The highest BCUT2D eigenvalue weighted by Gasteiger charge is 2.34. The number of methoxy groups -OCH3 is 1. The van der Waals surface area contributed by atoms with Gasteiger partial charge in [-0.1, -0.05) is 55.0 Å². The van der Waals surface area contributed by atoms with Gasteiger partial charge in [-0.25, -0.2) is 9.79 Å². The first-order valence-corrected chi connectivity index (χ1v) is 15.2. The van der Waals surface area contributed by atoms with Crippen molar-refractivity contribution < 1.29 is 19.0 Å². The second-order valence-corrected chi connectivity index (χ2v) is 11.4. The molecule has 0 unspecified atom stereocenters. The Morgan fingerprint density at radius 3 is 2.69 bits per heavy atom. The summed E-state index contributed by atoms with van der Waals surface area (Å²) >= 11 is 2.78. The Balaban J connectivity index is 1.55. The van der Waals surface area contributed by atoms with Crippen LogP contribution in [0.3, 0.4) is 0 Å². The lowest BCUT2D eigenvalue weighted by molar-refractivity contribution is -0.139. The average Bonchev–Trinajstić information content (AvgIpc) is 3.64. The lowest BCUT2D eigenvalue weighted by Crippen LogP contribution is -2.39. The van der Waals surface area contributed by atoms with Crippen molar-refractivity contribution in [2.24, 2.45) is 4.99 Å². The zero-order valence-electron chi connectivity index (χ0n) is 23.5. The number of thiazole rings is 1. The van der Waals surface area contributed by atoms with Gasteiger partial charge in [-0.3, -0.25) is 9.36 Å². The van der Waals surface area contributed by atoms with Gasteiger partial charge in [-0.05, 0) is 54.6 Å². The summed E-state index contributed by atoms with van der Waals surface area (Å²) in [6.45, 7) is 4.24. The lowest BCUT2D eigenvalue weighted by atomic mass is 9.99. The van der Waals surface area contributed by atoms with Gasteiger partial charge in [0.05, 0.1) is 41.2 Å². The number of hydrogen-bond donors (Lipinski definition) is 0. The molecule has 1 aliphatic heterocycles. The molecule has 0 amide bonds. The number of allylic oxidation sites excluding steroid dienone is 1. The Bertz CT molecular complexity index is 1860. The third-order valence-corrected chi connectivity index (χ3v) is 8.62. The normalized spacial score (nSPS) is 14.6. The molecule has 2 aromatic carbocycles. The van der Waals surface area contributed by atoms with Crippen LogP contribution in [0.2, 0.25) is 0 Å². The van der Waals surface area contributed by atoms with Crippen molar-refractivity contribution in [1.29, 1.82) is 5.26 Å². The predicted octanol–water partition coefficient (Wildman–Crippen LogP) is 5.10. The first-order chi connectivity index (χ1) is 20.5. The molecule has 0 fully saturated rings. The van der Waals surface area contributed by atoms with E-state index in [4.69, 9.17) is 19.2 Å². The summed E-state index contributed by atoms with van der Waals surface area (Å²) in [6, 6.07) is 18.1. The third-order valence-electron chi connectivity index (χ3n) is 6.71. The molecule has 8 nitrogen and oxygen atoms in total. The summed E-state index contributed by atoms with van der Waals surface area (Å²) in [5, 5.41) is 11.3. The second kappa shape index (κ2) is 13.0. The second-order valence-electron chi connectivity index (χ2n) is 9.40. The number of hydrogen-bond acceptors (Lipinski definition) is 9. The van der Waals surface area contributed by atoms with E-state index in [0.717, 1.165) is 22.4 Å². The number of carbonyl (C=O) groups is 1. The number of ether oxygens (including phenoxy) is 3. The van der Waals surface area contributed by atoms with Gasteiger partial charge in [0, 0.05) is 10.4 Å². The summed E-state index contributed by atoms with van der Waals surface area (Å²) in [6.07, 6.45) is 3.18. The van der Waals surface area contributed by atoms with Crippen LogP contribution in [0.5, 0.6) is 11.5 Å². The van der Waals surface area contributed by atoms with Crippen molar-refractivity contribution in [3.63, 3.8) is 0 Å². The smallest absolute Gasteiger partial charge is 0.338 e. The molecule has 5 rings (SSSR count). The van der Waals surface area contributed by atoms with E-state index < -0.39 is 12.0 Å². The zero-order valence-corrected chi connectivity index (χ0v) is 25.1. The molecule has 0 spiro atoms. The summed E-state index contributed by atoms with van der Waals surface area (Å²) in [4.78, 5) is 33.3. The maximum atomic E-state index is 13.9. The van der Waals surface area contributed by atoms with E-state index in [1.165, 1.54) is 22.7 Å². The zero-order chi connectivity index (χ0) is 29.6. The van der Waals surface area contributed by atoms with Crippen LogP contribution in [0.1, 0.15) is 54.3 Å². The van der Waals surface area contributed by atoms with Crippen molar-refractivity contribution in [2.45, 2.75) is 39.3 Å². The van der Waals surface area contributed by atoms with Gasteiger partial charge in [0.2, 0.25) is 0 Å². The topological polar surface area (TPSA) is 103 Å². The fraction of sp³-hybridized carbons (Fsp3) is 0.250. The van der Waals surface area contributed by atoms with E-state index in [1.807, 2.05) is 48.7 Å². The maximum absolute atomic E-state index is 13.9. The highest BCUT2D eigenvalue weighted by Crippen LogP contribution is 2.35. The fourth-order valence-electron chi connectivity index (χ4n) is 4.79. The molecule has 0 aliphatic carbocycles. The van der Waals surface area contributed by atoms with Crippen LogP contribution in [0.4, 0.5) is 0 Å². The van der Waals surface area contributed by atoms with Crippen molar-refractivity contribution in [1.82, 2.24) is 4.57 Å². The van der Waals surface area contributed by atoms with Crippen molar-refractivity contribution in [3.05, 3.63) is 113 Å². The van der Waals surface area contributed by atoms with Crippen LogP contribution in [0.15, 0.2) is 81.0 Å².